The van der Waals surface area contributed by atoms with Crippen LogP contribution in [0.15, 0.2) is 40.9 Å². The zero-order valence-corrected chi connectivity index (χ0v) is 15.6. The van der Waals surface area contributed by atoms with Crippen LogP contribution in [-0.2, 0) is 11.3 Å². The third kappa shape index (κ3) is 3.27. The van der Waals surface area contributed by atoms with Crippen LogP contribution in [0.4, 0.5) is 5.69 Å². The minimum Gasteiger partial charge on any atom is -0.454 e. The second kappa shape index (κ2) is 7.38. The predicted octanol–water partition coefficient (Wildman–Crippen LogP) is 3.49. The molecule has 1 N–H and O–H groups in total. The average Bonchev–Trinajstić information content (AvgIpc) is 3.38. The Morgan fingerprint density at radius 3 is 3.04 bits per heavy atom. The third-order valence-electron chi connectivity index (χ3n) is 3.78. The molecule has 0 unspecified atom stereocenters. The first-order valence-electron chi connectivity index (χ1n) is 8.04. The number of aromatic nitrogens is 3. The van der Waals surface area contributed by atoms with E-state index in [4.69, 9.17) is 9.47 Å². The normalized spacial score (nSPS) is 12.3. The summed E-state index contributed by atoms with van der Waals surface area (Å²) in [4.78, 5) is 13.4. The molecule has 26 heavy (non-hydrogen) atoms. The largest absolute Gasteiger partial charge is 0.454 e. The van der Waals surface area contributed by atoms with Gasteiger partial charge in [-0.2, -0.15) is 0 Å². The number of rotatable bonds is 6. The SMILES string of the molecule is CCn1c(SCC(=O)Nc2cccc3c2OCO3)nnc1-c1cccs1. The average molecular weight is 388 g/mol. The highest BCUT2D eigenvalue weighted by atomic mass is 32.2. The fraction of sp³-hybridized carbons (Fsp3) is 0.235. The molecule has 0 aliphatic carbocycles. The van der Waals surface area contributed by atoms with Crippen molar-refractivity contribution in [3.05, 3.63) is 35.7 Å². The van der Waals surface area contributed by atoms with Gasteiger partial charge in [0.15, 0.2) is 22.5 Å². The Bertz CT molecular complexity index is 924. The van der Waals surface area contributed by atoms with Gasteiger partial charge in [0.2, 0.25) is 12.7 Å². The van der Waals surface area contributed by atoms with Crippen molar-refractivity contribution < 1.29 is 14.3 Å². The van der Waals surface area contributed by atoms with Gasteiger partial charge in [0.1, 0.15) is 0 Å². The summed E-state index contributed by atoms with van der Waals surface area (Å²) in [6, 6.07) is 9.42. The molecule has 3 heterocycles. The van der Waals surface area contributed by atoms with Crippen LogP contribution in [-0.4, -0.2) is 33.2 Å². The highest BCUT2D eigenvalue weighted by Crippen LogP contribution is 2.38. The lowest BCUT2D eigenvalue weighted by molar-refractivity contribution is -0.113. The van der Waals surface area contributed by atoms with Crippen LogP contribution < -0.4 is 14.8 Å². The van der Waals surface area contributed by atoms with E-state index in [1.807, 2.05) is 41.1 Å². The van der Waals surface area contributed by atoms with Crippen molar-refractivity contribution in [1.29, 1.82) is 0 Å². The molecular weight excluding hydrogens is 372 g/mol. The number of thiophene rings is 1. The molecule has 0 atom stereocenters. The van der Waals surface area contributed by atoms with Crippen LogP contribution in [0.3, 0.4) is 0 Å². The number of anilines is 1. The molecule has 1 aliphatic heterocycles. The van der Waals surface area contributed by atoms with Crippen molar-refractivity contribution in [3.63, 3.8) is 0 Å². The number of carbonyl (C=O) groups is 1. The standard InChI is InChI=1S/C17H16N4O3S2/c1-2-21-16(13-7-4-8-25-13)19-20-17(21)26-9-14(22)18-11-5-3-6-12-15(11)24-10-23-12/h3-8H,2,9-10H2,1H3,(H,18,22). The molecule has 0 spiro atoms. The zero-order valence-electron chi connectivity index (χ0n) is 14.0. The first kappa shape index (κ1) is 16.9. The van der Waals surface area contributed by atoms with Crippen LogP contribution in [0.25, 0.3) is 10.7 Å². The lowest BCUT2D eigenvalue weighted by Gasteiger charge is -2.08. The summed E-state index contributed by atoms with van der Waals surface area (Å²) in [5, 5.41) is 14.1. The van der Waals surface area contributed by atoms with Gasteiger partial charge in [-0.1, -0.05) is 23.9 Å². The van der Waals surface area contributed by atoms with Gasteiger partial charge in [-0.15, -0.1) is 21.5 Å². The van der Waals surface area contributed by atoms with Crippen LogP contribution in [0.5, 0.6) is 11.5 Å². The summed E-state index contributed by atoms with van der Waals surface area (Å²) in [6.45, 7) is 2.94. The number of nitrogens with zero attached hydrogens (tertiary/aromatic N) is 3. The smallest absolute Gasteiger partial charge is 0.234 e. The maximum absolute atomic E-state index is 12.3. The van der Waals surface area contributed by atoms with Gasteiger partial charge >= 0.3 is 0 Å². The number of carbonyl (C=O) groups excluding carboxylic acids is 1. The van der Waals surface area contributed by atoms with Crippen LogP contribution in [0.1, 0.15) is 6.92 Å². The molecule has 1 amide bonds. The lowest BCUT2D eigenvalue weighted by atomic mass is 10.2. The summed E-state index contributed by atoms with van der Waals surface area (Å²) < 4.78 is 12.7. The predicted molar refractivity (Wildman–Crippen MR) is 101 cm³/mol. The Labute approximate surface area is 158 Å². The minimum absolute atomic E-state index is 0.137. The molecule has 9 heteroatoms. The number of thioether (sulfide) groups is 1. The molecule has 3 aromatic rings. The zero-order chi connectivity index (χ0) is 17.9. The van der Waals surface area contributed by atoms with E-state index < -0.39 is 0 Å². The molecule has 7 nitrogen and oxygen atoms in total. The lowest BCUT2D eigenvalue weighted by Crippen LogP contribution is -2.15. The maximum Gasteiger partial charge on any atom is 0.234 e. The summed E-state index contributed by atoms with van der Waals surface area (Å²) in [5.41, 5.74) is 0.613. The van der Waals surface area contributed by atoms with Gasteiger partial charge in [-0.25, -0.2) is 0 Å². The van der Waals surface area contributed by atoms with E-state index in [1.54, 1.807) is 17.4 Å². The fourth-order valence-corrected chi connectivity index (χ4v) is 4.13. The molecule has 1 aromatic carbocycles. The Hall–Kier alpha value is -2.52. The summed E-state index contributed by atoms with van der Waals surface area (Å²) in [7, 11) is 0. The summed E-state index contributed by atoms with van der Waals surface area (Å²) in [6.07, 6.45) is 0. The number of amides is 1. The van der Waals surface area contributed by atoms with Crippen LogP contribution in [0.2, 0.25) is 0 Å². The topological polar surface area (TPSA) is 78.3 Å². The van der Waals surface area contributed by atoms with Gasteiger partial charge in [0, 0.05) is 6.54 Å². The first-order chi connectivity index (χ1) is 12.8. The molecule has 0 radical (unpaired) electrons. The Morgan fingerprint density at radius 1 is 1.31 bits per heavy atom. The van der Waals surface area contributed by atoms with Crippen molar-refractivity contribution in [2.24, 2.45) is 0 Å². The number of ether oxygens (including phenoxy) is 2. The monoisotopic (exact) mass is 388 g/mol. The van der Waals surface area contributed by atoms with Gasteiger partial charge in [0.25, 0.3) is 0 Å². The second-order valence-corrected chi connectivity index (χ2v) is 7.29. The minimum atomic E-state index is -0.137. The number of para-hydroxylation sites is 1. The molecule has 0 saturated heterocycles. The van der Waals surface area contributed by atoms with Crippen molar-refractivity contribution >= 4 is 34.7 Å². The Morgan fingerprint density at radius 2 is 2.23 bits per heavy atom. The molecule has 0 fully saturated rings. The number of fused-ring (bicyclic) bond motifs is 1. The molecular formula is C17H16N4O3S2. The van der Waals surface area contributed by atoms with E-state index in [0.717, 1.165) is 22.4 Å². The van der Waals surface area contributed by atoms with E-state index in [-0.39, 0.29) is 18.5 Å². The van der Waals surface area contributed by atoms with Crippen molar-refractivity contribution in [1.82, 2.24) is 14.8 Å². The number of benzene rings is 1. The molecule has 134 valence electrons. The summed E-state index contributed by atoms with van der Waals surface area (Å²) >= 11 is 2.98. The van der Waals surface area contributed by atoms with E-state index in [1.165, 1.54) is 11.8 Å². The maximum atomic E-state index is 12.3. The molecule has 0 saturated carbocycles. The van der Waals surface area contributed by atoms with Crippen molar-refractivity contribution in [3.8, 4) is 22.2 Å². The Kier molecular flexibility index (Phi) is 4.81. The summed E-state index contributed by atoms with van der Waals surface area (Å²) in [5.74, 6) is 2.14. The van der Waals surface area contributed by atoms with Gasteiger partial charge in [-0.3, -0.25) is 4.79 Å². The van der Waals surface area contributed by atoms with Gasteiger partial charge < -0.3 is 19.4 Å². The quantitative estimate of drug-likeness (QED) is 0.652. The fourth-order valence-electron chi connectivity index (χ4n) is 2.61. The van der Waals surface area contributed by atoms with E-state index >= 15 is 0 Å². The van der Waals surface area contributed by atoms with Crippen molar-refractivity contribution in [2.75, 3.05) is 17.9 Å². The van der Waals surface area contributed by atoms with Gasteiger partial charge in [-0.05, 0) is 30.5 Å². The molecule has 2 aromatic heterocycles. The number of hydrogen-bond donors (Lipinski definition) is 1. The number of nitrogens with one attached hydrogen (secondary N) is 1. The van der Waals surface area contributed by atoms with Crippen molar-refractivity contribution in [2.45, 2.75) is 18.6 Å². The molecule has 0 bridgehead atoms. The first-order valence-corrected chi connectivity index (χ1v) is 9.91. The van der Waals surface area contributed by atoms with Crippen LogP contribution in [0, 0.1) is 0 Å². The third-order valence-corrected chi connectivity index (χ3v) is 5.61. The van der Waals surface area contributed by atoms with Crippen LogP contribution >= 0.6 is 23.1 Å². The van der Waals surface area contributed by atoms with E-state index in [0.29, 0.717) is 17.2 Å². The highest BCUT2D eigenvalue weighted by molar-refractivity contribution is 7.99. The number of hydrogen-bond acceptors (Lipinski definition) is 7. The van der Waals surface area contributed by atoms with E-state index in [2.05, 4.69) is 15.5 Å². The second-order valence-electron chi connectivity index (χ2n) is 5.40. The molecule has 1 aliphatic rings. The van der Waals surface area contributed by atoms with Gasteiger partial charge in [0.05, 0.1) is 16.3 Å². The van der Waals surface area contributed by atoms with E-state index in [9.17, 15) is 4.79 Å². The Balaban J connectivity index is 1.43. The highest BCUT2D eigenvalue weighted by Gasteiger charge is 2.19. The molecule has 4 rings (SSSR count).